The van der Waals surface area contributed by atoms with Gasteiger partial charge in [-0.15, -0.1) is 0 Å². The molecule has 1 rings (SSSR count). The monoisotopic (exact) mass is 216 g/mol. The highest BCUT2D eigenvalue weighted by Crippen LogP contribution is 2.21. The van der Waals surface area contributed by atoms with Crippen LogP contribution in [0.25, 0.3) is 0 Å². The molecule has 0 heterocycles. The molecule has 1 aromatic carbocycles. The Labute approximate surface area is 96.3 Å². The Morgan fingerprint density at radius 3 is 2.44 bits per heavy atom. The maximum absolute atomic E-state index is 11.2. The third-order valence-corrected chi connectivity index (χ3v) is 2.86. The van der Waals surface area contributed by atoms with Crippen LogP contribution in [-0.2, 0) is 4.79 Å². The topological polar surface area (TPSA) is 44.1 Å². The van der Waals surface area contributed by atoms with Gasteiger partial charge in [0.1, 0.15) is 0 Å². The molecular weight excluding hydrogens is 200 g/mol. The molecule has 0 aromatic heterocycles. The Morgan fingerprint density at radius 1 is 1.44 bits per heavy atom. The fraction of sp³-hybridized carbons (Fsp3) is 0.385. The molecule has 1 aromatic rings. The van der Waals surface area contributed by atoms with Crippen molar-refractivity contribution in [1.82, 2.24) is 0 Å². The number of carbonyl (C=O) groups excluding carboxylic acids is 1. The minimum atomic E-state index is -0.545. The van der Waals surface area contributed by atoms with E-state index in [1.54, 1.807) is 13.1 Å². The third-order valence-electron chi connectivity index (χ3n) is 2.86. The van der Waals surface area contributed by atoms with Crippen molar-refractivity contribution in [3.8, 4) is 6.07 Å². The van der Waals surface area contributed by atoms with E-state index in [2.05, 4.69) is 13.8 Å². The summed E-state index contributed by atoms with van der Waals surface area (Å²) in [6.45, 7) is 4.31. The van der Waals surface area contributed by atoms with E-state index in [0.29, 0.717) is 5.92 Å². The van der Waals surface area contributed by atoms with Gasteiger partial charge in [0.05, 0.1) is 0 Å². The Kier molecular flexibility index (Phi) is 4.07. The number of hydrogen-bond acceptors (Lipinski definition) is 2. The molecule has 0 bridgehead atoms. The Hall–Kier alpha value is -1.82. The fourth-order valence-electron chi connectivity index (χ4n) is 1.45. The van der Waals surface area contributed by atoms with Gasteiger partial charge >= 0.3 is 5.91 Å². The lowest BCUT2D eigenvalue weighted by Crippen LogP contribution is -2.24. The van der Waals surface area contributed by atoms with Gasteiger partial charge in [-0.2, -0.15) is 5.26 Å². The van der Waals surface area contributed by atoms with Crippen LogP contribution in [-0.4, -0.2) is 13.0 Å². The van der Waals surface area contributed by atoms with Crippen molar-refractivity contribution in [3.05, 3.63) is 29.8 Å². The molecule has 0 aliphatic heterocycles. The predicted octanol–water partition coefficient (Wildman–Crippen LogP) is 2.69. The highest BCUT2D eigenvalue weighted by atomic mass is 16.2. The summed E-state index contributed by atoms with van der Waals surface area (Å²) < 4.78 is 0. The van der Waals surface area contributed by atoms with Crippen LogP contribution in [0.4, 0.5) is 5.69 Å². The number of nitrogens with zero attached hydrogens (tertiary/aromatic N) is 2. The summed E-state index contributed by atoms with van der Waals surface area (Å²) >= 11 is 0. The van der Waals surface area contributed by atoms with Crippen LogP contribution in [0.5, 0.6) is 0 Å². The maximum atomic E-state index is 11.2. The molecule has 3 nitrogen and oxygen atoms in total. The molecule has 0 saturated heterocycles. The first kappa shape index (κ1) is 12.3. The number of hydrogen-bond donors (Lipinski definition) is 0. The van der Waals surface area contributed by atoms with Crippen LogP contribution in [0.2, 0.25) is 0 Å². The number of rotatable bonds is 3. The van der Waals surface area contributed by atoms with Crippen molar-refractivity contribution >= 4 is 11.6 Å². The van der Waals surface area contributed by atoms with Gasteiger partial charge in [0.15, 0.2) is 6.07 Å². The summed E-state index contributed by atoms with van der Waals surface area (Å²) in [5.74, 6) is -0.0256. The number of amides is 1. The first-order valence-corrected chi connectivity index (χ1v) is 5.37. The zero-order chi connectivity index (χ0) is 12.1. The zero-order valence-electron chi connectivity index (χ0n) is 9.90. The van der Waals surface area contributed by atoms with Gasteiger partial charge in [0.25, 0.3) is 0 Å². The highest BCUT2D eigenvalue weighted by molar-refractivity contribution is 6.03. The van der Waals surface area contributed by atoms with Crippen LogP contribution >= 0.6 is 0 Å². The summed E-state index contributed by atoms with van der Waals surface area (Å²) in [6, 6.07) is 9.35. The minimum absolute atomic E-state index is 0.519. The van der Waals surface area contributed by atoms with E-state index < -0.39 is 5.91 Å². The van der Waals surface area contributed by atoms with E-state index >= 15 is 0 Å². The second-order valence-electron chi connectivity index (χ2n) is 3.88. The lowest BCUT2D eigenvalue weighted by molar-refractivity contribution is -0.113. The molecule has 84 valence electrons. The smallest absolute Gasteiger partial charge is 0.303 e. The van der Waals surface area contributed by atoms with E-state index in [4.69, 9.17) is 5.26 Å². The molecular formula is C13H16N2O. The summed E-state index contributed by atoms with van der Waals surface area (Å²) in [6.07, 6.45) is 1.09. The molecule has 1 atom stereocenters. The van der Waals surface area contributed by atoms with Crippen molar-refractivity contribution in [2.75, 3.05) is 11.9 Å². The molecule has 0 aliphatic carbocycles. The maximum Gasteiger partial charge on any atom is 0.329 e. The van der Waals surface area contributed by atoms with Gasteiger partial charge in [-0.3, -0.25) is 4.79 Å². The van der Waals surface area contributed by atoms with Gasteiger partial charge in [-0.1, -0.05) is 26.0 Å². The number of carbonyl (C=O) groups is 1. The fourth-order valence-corrected chi connectivity index (χ4v) is 1.45. The third kappa shape index (κ3) is 2.60. The quantitative estimate of drug-likeness (QED) is 0.729. The zero-order valence-corrected chi connectivity index (χ0v) is 9.90. The van der Waals surface area contributed by atoms with Gasteiger partial charge < -0.3 is 4.90 Å². The minimum Gasteiger partial charge on any atom is -0.303 e. The van der Waals surface area contributed by atoms with Crippen LogP contribution in [0.15, 0.2) is 24.3 Å². The van der Waals surface area contributed by atoms with E-state index in [9.17, 15) is 4.79 Å². The standard InChI is InChI=1S/C13H16N2O/c1-4-10(2)11-5-7-12(8-6-11)15(3)13(16)9-14/h5-8,10H,4H2,1-3H3. The van der Waals surface area contributed by atoms with Crippen LogP contribution in [0, 0.1) is 11.3 Å². The second kappa shape index (κ2) is 5.32. The molecule has 0 spiro atoms. The number of nitriles is 1. The van der Waals surface area contributed by atoms with Crippen LogP contribution < -0.4 is 4.90 Å². The first-order chi connectivity index (χ1) is 7.60. The Bertz CT molecular complexity index is 403. The molecule has 0 fully saturated rings. The Balaban J connectivity index is 2.87. The molecule has 0 saturated carbocycles. The Morgan fingerprint density at radius 2 is 2.00 bits per heavy atom. The number of benzene rings is 1. The van der Waals surface area contributed by atoms with Crippen LogP contribution in [0.1, 0.15) is 31.7 Å². The molecule has 1 amide bonds. The predicted molar refractivity (Wildman–Crippen MR) is 64.2 cm³/mol. The molecule has 16 heavy (non-hydrogen) atoms. The molecule has 0 aliphatic rings. The lowest BCUT2D eigenvalue weighted by atomic mass is 9.98. The van der Waals surface area contributed by atoms with Crippen molar-refractivity contribution < 1.29 is 4.79 Å². The van der Waals surface area contributed by atoms with Crippen molar-refractivity contribution in [2.24, 2.45) is 0 Å². The average Bonchev–Trinajstić information content (AvgIpc) is 2.36. The normalized spacial score (nSPS) is 11.6. The van der Waals surface area contributed by atoms with Crippen molar-refractivity contribution in [1.29, 1.82) is 5.26 Å². The molecule has 0 N–H and O–H groups in total. The molecule has 1 unspecified atom stereocenters. The second-order valence-corrected chi connectivity index (χ2v) is 3.88. The number of anilines is 1. The van der Waals surface area contributed by atoms with Gasteiger partial charge in [0, 0.05) is 12.7 Å². The van der Waals surface area contributed by atoms with Crippen molar-refractivity contribution in [2.45, 2.75) is 26.2 Å². The van der Waals surface area contributed by atoms with Crippen LogP contribution in [0.3, 0.4) is 0 Å². The van der Waals surface area contributed by atoms with Gasteiger partial charge in [-0.25, -0.2) is 0 Å². The average molecular weight is 216 g/mol. The van der Waals surface area contributed by atoms with Gasteiger partial charge in [-0.05, 0) is 30.0 Å². The highest BCUT2D eigenvalue weighted by Gasteiger charge is 2.10. The largest absolute Gasteiger partial charge is 0.329 e. The lowest BCUT2D eigenvalue weighted by Gasteiger charge is -2.15. The summed E-state index contributed by atoms with van der Waals surface area (Å²) in [5.41, 5.74) is 2.00. The summed E-state index contributed by atoms with van der Waals surface area (Å²) in [7, 11) is 1.60. The first-order valence-electron chi connectivity index (χ1n) is 5.37. The van der Waals surface area contributed by atoms with Crippen molar-refractivity contribution in [3.63, 3.8) is 0 Å². The molecule has 0 radical (unpaired) electrons. The SMILES string of the molecule is CCC(C)c1ccc(N(C)C(=O)C#N)cc1. The summed E-state index contributed by atoms with van der Waals surface area (Å²) in [4.78, 5) is 12.5. The van der Waals surface area contributed by atoms with E-state index in [1.807, 2.05) is 24.3 Å². The van der Waals surface area contributed by atoms with E-state index in [-0.39, 0.29) is 0 Å². The van der Waals surface area contributed by atoms with Gasteiger partial charge in [0.2, 0.25) is 0 Å². The summed E-state index contributed by atoms with van der Waals surface area (Å²) in [5, 5.41) is 8.51. The van der Waals surface area contributed by atoms with E-state index in [0.717, 1.165) is 12.1 Å². The molecule has 3 heteroatoms. The van der Waals surface area contributed by atoms with E-state index in [1.165, 1.54) is 10.5 Å².